The number of halogens is 5. The van der Waals surface area contributed by atoms with Crippen molar-refractivity contribution in [2.24, 2.45) is 5.92 Å². The molecule has 4 saturated heterocycles. The molecule has 3 aromatic carbocycles. The van der Waals surface area contributed by atoms with Crippen LogP contribution in [-0.2, 0) is 14.3 Å². The molecular weight excluding hydrogens is 844 g/mol. The SMILES string of the molecule is Cc1cc(-c2ncc3c(N4CC5CCC(C4)N5C(=O)OC(C)OC(=O)C(C)C)nc(OCC45CCCN4C(c4ccc6c(c4)OC(F)(F)O6)CC5)nc3c2F)c2c(F)c(F)ccc2c1. The zero-order valence-corrected chi connectivity index (χ0v) is 35.5. The second-order valence-electron chi connectivity index (χ2n) is 17.8. The molecule has 0 spiro atoms. The summed E-state index contributed by atoms with van der Waals surface area (Å²) in [7, 11) is 0. The van der Waals surface area contributed by atoms with E-state index in [1.807, 2.05) is 4.90 Å². The summed E-state index contributed by atoms with van der Waals surface area (Å²) < 4.78 is 102. The third-order valence-corrected chi connectivity index (χ3v) is 13.3. The van der Waals surface area contributed by atoms with Crippen molar-refractivity contribution in [3.63, 3.8) is 0 Å². The number of aryl methyl sites for hydroxylation is 1. The van der Waals surface area contributed by atoms with Gasteiger partial charge in [0.25, 0.3) is 0 Å². The Morgan fingerprint density at radius 2 is 1.67 bits per heavy atom. The van der Waals surface area contributed by atoms with Crippen LogP contribution in [0.2, 0.25) is 0 Å². The molecule has 0 saturated carbocycles. The first-order valence-corrected chi connectivity index (χ1v) is 21.6. The number of esters is 1. The summed E-state index contributed by atoms with van der Waals surface area (Å²) in [6.45, 7) is 8.05. The third kappa shape index (κ3) is 7.22. The van der Waals surface area contributed by atoms with Crippen molar-refractivity contribution < 1.29 is 55.2 Å². The number of carbonyl (C=O) groups excluding carboxylic acids is 2. The van der Waals surface area contributed by atoms with Crippen LogP contribution >= 0.6 is 0 Å². The fourth-order valence-corrected chi connectivity index (χ4v) is 10.4. The van der Waals surface area contributed by atoms with E-state index in [0.717, 1.165) is 31.0 Å². The molecule has 5 aromatic rings. The minimum Gasteiger partial charge on any atom is -0.461 e. The van der Waals surface area contributed by atoms with E-state index in [4.69, 9.17) is 23.9 Å². The van der Waals surface area contributed by atoms with E-state index in [1.165, 1.54) is 25.3 Å². The molecule has 5 unspecified atom stereocenters. The maximum Gasteiger partial charge on any atom is 0.586 e. The van der Waals surface area contributed by atoms with Crippen LogP contribution in [0.3, 0.4) is 0 Å². The van der Waals surface area contributed by atoms with Gasteiger partial charge in [0.1, 0.15) is 23.6 Å². The lowest BCUT2D eigenvalue weighted by Gasteiger charge is -2.41. The number of hydrogen-bond acceptors (Lipinski definition) is 12. The number of nitrogens with zero attached hydrogens (tertiary/aromatic N) is 6. The highest BCUT2D eigenvalue weighted by Crippen LogP contribution is 2.51. The lowest BCUT2D eigenvalue weighted by molar-refractivity contribution is -0.286. The zero-order valence-electron chi connectivity index (χ0n) is 35.5. The van der Waals surface area contributed by atoms with Crippen molar-refractivity contribution in [1.82, 2.24) is 24.8 Å². The Kier molecular flexibility index (Phi) is 10.2. The summed E-state index contributed by atoms with van der Waals surface area (Å²) in [5, 5.41) is 0.495. The zero-order chi connectivity index (χ0) is 44.8. The van der Waals surface area contributed by atoms with Gasteiger partial charge in [0, 0.05) is 43.2 Å². The Balaban J connectivity index is 0.987. The van der Waals surface area contributed by atoms with E-state index in [0.29, 0.717) is 42.5 Å². The van der Waals surface area contributed by atoms with Crippen molar-refractivity contribution in [2.45, 2.75) is 102 Å². The van der Waals surface area contributed by atoms with E-state index in [-0.39, 0.29) is 82.9 Å². The van der Waals surface area contributed by atoms with Gasteiger partial charge in [0.2, 0.25) is 6.29 Å². The van der Waals surface area contributed by atoms with Gasteiger partial charge < -0.3 is 28.6 Å². The lowest BCUT2D eigenvalue weighted by atomic mass is 9.95. The molecule has 13 nitrogen and oxygen atoms in total. The maximum atomic E-state index is 17.3. The molecule has 2 aromatic heterocycles. The Hall–Kier alpha value is -6.04. The first kappa shape index (κ1) is 41.9. The Morgan fingerprint density at radius 3 is 2.44 bits per heavy atom. The number of ether oxygens (including phenoxy) is 5. The predicted molar refractivity (Wildman–Crippen MR) is 221 cm³/mol. The number of fused-ring (bicyclic) bond motifs is 6. The van der Waals surface area contributed by atoms with E-state index in [2.05, 4.69) is 19.6 Å². The molecule has 2 bridgehead atoms. The Labute approximate surface area is 364 Å². The first-order valence-electron chi connectivity index (χ1n) is 21.6. The van der Waals surface area contributed by atoms with Crippen molar-refractivity contribution in [2.75, 3.05) is 31.1 Å². The largest absolute Gasteiger partial charge is 0.586 e. The standard InChI is InChI=1S/C46H45F5N6O7/c1-23(2)42(58)61-25(4)62-44(59)57-28-8-9-29(57)21-55(20-28)41-31-19-52-39(30-17-24(3)16-27-6-10-32(47)37(48)36(27)30)38(49)40(31)53-43(54-41)60-22-45-13-5-15-56(45)33(12-14-45)26-7-11-34-35(18-26)64-46(50,51)63-34/h6-7,10-11,16-19,23,25,28-29,33H,5,8-9,12-15,20-22H2,1-4H3. The molecule has 64 heavy (non-hydrogen) atoms. The third-order valence-electron chi connectivity index (χ3n) is 13.3. The molecule has 0 N–H and O–H groups in total. The summed E-state index contributed by atoms with van der Waals surface area (Å²) in [5.41, 5.74) is 0.682. The van der Waals surface area contributed by atoms with Crippen LogP contribution in [0.1, 0.15) is 76.5 Å². The fraction of sp³-hybridized carbons (Fsp3) is 0.457. The van der Waals surface area contributed by atoms with E-state index >= 15 is 8.78 Å². The molecule has 18 heteroatoms. The summed E-state index contributed by atoms with van der Waals surface area (Å²) in [4.78, 5) is 45.6. The molecule has 5 atom stereocenters. The van der Waals surface area contributed by atoms with Gasteiger partial charge in [-0.15, -0.1) is 8.78 Å². The predicted octanol–water partition coefficient (Wildman–Crippen LogP) is 8.98. The second-order valence-corrected chi connectivity index (χ2v) is 17.8. The minimum absolute atomic E-state index is 0.0252. The Bertz CT molecular complexity index is 2710. The summed E-state index contributed by atoms with van der Waals surface area (Å²) in [5.74, 6) is -3.73. The highest BCUT2D eigenvalue weighted by atomic mass is 19.3. The van der Waals surface area contributed by atoms with Gasteiger partial charge in [0.05, 0.1) is 28.9 Å². The maximum absolute atomic E-state index is 17.3. The molecule has 1 amide bonds. The highest BCUT2D eigenvalue weighted by Gasteiger charge is 2.51. The molecule has 10 rings (SSSR count). The molecule has 336 valence electrons. The average Bonchev–Trinajstić information content (AvgIpc) is 3.98. The molecule has 7 heterocycles. The minimum atomic E-state index is -3.73. The van der Waals surface area contributed by atoms with Gasteiger partial charge in [-0.3, -0.25) is 19.6 Å². The second kappa shape index (κ2) is 15.6. The summed E-state index contributed by atoms with van der Waals surface area (Å²) in [6.07, 6.45) is 0.314. The van der Waals surface area contributed by atoms with Gasteiger partial charge in [-0.1, -0.05) is 32.0 Å². The lowest BCUT2D eigenvalue weighted by Crippen LogP contribution is -2.56. The van der Waals surface area contributed by atoms with Crippen molar-refractivity contribution in [3.05, 3.63) is 77.2 Å². The van der Waals surface area contributed by atoms with E-state index in [9.17, 15) is 22.8 Å². The van der Waals surface area contributed by atoms with Gasteiger partial charge in [-0.05, 0) is 92.8 Å². The van der Waals surface area contributed by atoms with Gasteiger partial charge in [0.15, 0.2) is 29.0 Å². The van der Waals surface area contributed by atoms with Crippen molar-refractivity contribution in [3.8, 4) is 28.8 Å². The van der Waals surface area contributed by atoms with Crippen molar-refractivity contribution >= 4 is 39.6 Å². The molecule has 5 aliphatic heterocycles. The number of alkyl halides is 2. The topological polar surface area (TPSA) is 129 Å². The van der Waals surface area contributed by atoms with Gasteiger partial charge >= 0.3 is 24.4 Å². The summed E-state index contributed by atoms with van der Waals surface area (Å²) >= 11 is 0. The van der Waals surface area contributed by atoms with Crippen molar-refractivity contribution in [1.29, 1.82) is 0 Å². The molecule has 0 aliphatic carbocycles. The molecule has 0 radical (unpaired) electrons. The van der Waals surface area contributed by atoms with Crippen LogP contribution in [0.5, 0.6) is 17.5 Å². The number of aromatic nitrogens is 3. The van der Waals surface area contributed by atoms with Gasteiger partial charge in [-0.25, -0.2) is 18.0 Å². The number of hydrogen-bond donors (Lipinski definition) is 0. The highest BCUT2D eigenvalue weighted by molar-refractivity contribution is 6.00. The van der Waals surface area contributed by atoms with Crippen LogP contribution in [0.25, 0.3) is 32.9 Å². The number of piperazine rings is 1. The molecular formula is C46H45F5N6O7. The number of pyridine rings is 1. The van der Waals surface area contributed by atoms with Crippen LogP contribution in [-0.4, -0.2) is 93.3 Å². The number of benzene rings is 3. The van der Waals surface area contributed by atoms with E-state index < -0.39 is 53.6 Å². The number of carbonyl (C=O) groups is 2. The van der Waals surface area contributed by atoms with E-state index in [1.54, 1.807) is 49.9 Å². The smallest absolute Gasteiger partial charge is 0.461 e. The fourth-order valence-electron chi connectivity index (χ4n) is 10.4. The van der Waals surface area contributed by atoms with Crippen LogP contribution in [0, 0.1) is 30.3 Å². The first-order chi connectivity index (χ1) is 30.6. The number of rotatable bonds is 9. The number of amides is 1. The monoisotopic (exact) mass is 888 g/mol. The normalized spacial score (nSPS) is 23.9. The summed E-state index contributed by atoms with van der Waals surface area (Å²) in [6, 6.07) is 9.65. The van der Waals surface area contributed by atoms with Crippen LogP contribution in [0.15, 0.2) is 48.7 Å². The number of anilines is 1. The van der Waals surface area contributed by atoms with Gasteiger partial charge in [-0.2, -0.15) is 9.97 Å². The van der Waals surface area contributed by atoms with Crippen LogP contribution < -0.4 is 19.1 Å². The molecule has 5 aliphatic rings. The molecule has 4 fully saturated rings. The average molecular weight is 889 g/mol. The quantitative estimate of drug-likeness (QED) is 0.0796. The Morgan fingerprint density at radius 1 is 0.906 bits per heavy atom. The van der Waals surface area contributed by atoms with Crippen LogP contribution in [0.4, 0.5) is 32.6 Å².